The fourth-order valence-corrected chi connectivity index (χ4v) is 3.62. The van der Waals surface area contributed by atoms with Gasteiger partial charge >= 0.3 is 5.91 Å². The molecule has 1 amide bonds. The lowest BCUT2D eigenvalue weighted by Gasteiger charge is -2.10. The number of furan rings is 1. The summed E-state index contributed by atoms with van der Waals surface area (Å²) in [5.41, 5.74) is 6.53. The molecule has 0 aliphatic rings. The summed E-state index contributed by atoms with van der Waals surface area (Å²) >= 11 is 11.8. The molecule has 8 heteroatoms. The van der Waals surface area contributed by atoms with Gasteiger partial charge in [-0.05, 0) is 80.1 Å². The number of ether oxygens (including phenoxy) is 1. The average molecular weight is 482 g/mol. The van der Waals surface area contributed by atoms with Crippen LogP contribution in [0.4, 0.5) is 0 Å². The van der Waals surface area contributed by atoms with Crippen LogP contribution in [0.25, 0.3) is 5.69 Å². The van der Waals surface area contributed by atoms with Gasteiger partial charge in [0.25, 0.3) is 0 Å². The van der Waals surface area contributed by atoms with Gasteiger partial charge < -0.3 is 13.7 Å². The fraction of sp³-hybridized carbons (Fsp3) is 0.120. The molecule has 2 aromatic heterocycles. The minimum absolute atomic E-state index is 0.133. The second-order valence-electron chi connectivity index (χ2n) is 7.37. The van der Waals surface area contributed by atoms with Gasteiger partial charge in [-0.25, -0.2) is 5.43 Å². The summed E-state index contributed by atoms with van der Waals surface area (Å²) in [6.07, 6.45) is 1.47. The molecular weight excluding hydrogens is 461 g/mol. The fourth-order valence-electron chi connectivity index (χ4n) is 3.31. The van der Waals surface area contributed by atoms with Crippen LogP contribution in [0.3, 0.4) is 0 Å². The topological polar surface area (TPSA) is 68.8 Å². The van der Waals surface area contributed by atoms with Crippen LogP contribution in [-0.2, 0) is 6.61 Å². The van der Waals surface area contributed by atoms with E-state index in [4.69, 9.17) is 32.4 Å². The number of hydrogen-bond acceptors (Lipinski definition) is 4. The van der Waals surface area contributed by atoms with E-state index in [0.717, 1.165) is 5.69 Å². The largest absolute Gasteiger partial charge is 0.486 e. The third-order valence-corrected chi connectivity index (χ3v) is 5.70. The van der Waals surface area contributed by atoms with E-state index in [1.165, 1.54) is 17.6 Å². The van der Waals surface area contributed by atoms with E-state index >= 15 is 0 Å². The monoisotopic (exact) mass is 481 g/mol. The van der Waals surface area contributed by atoms with Crippen LogP contribution in [0.1, 0.15) is 33.3 Å². The highest BCUT2D eigenvalue weighted by Crippen LogP contribution is 2.22. The maximum absolute atomic E-state index is 12.2. The van der Waals surface area contributed by atoms with Crippen LogP contribution in [0.15, 0.2) is 76.2 Å². The van der Waals surface area contributed by atoms with Crippen molar-refractivity contribution in [1.29, 1.82) is 0 Å². The van der Waals surface area contributed by atoms with Gasteiger partial charge in [-0.3, -0.25) is 4.79 Å². The van der Waals surface area contributed by atoms with Gasteiger partial charge in [-0.2, -0.15) is 5.10 Å². The zero-order valence-electron chi connectivity index (χ0n) is 18.0. The maximum atomic E-state index is 12.2. The van der Waals surface area contributed by atoms with Crippen molar-refractivity contribution in [2.45, 2.75) is 20.5 Å². The Bertz CT molecular complexity index is 1290. The molecule has 2 heterocycles. The molecule has 33 heavy (non-hydrogen) atoms. The number of nitrogens with one attached hydrogen (secondary N) is 1. The number of hydrogen-bond donors (Lipinski definition) is 1. The van der Waals surface area contributed by atoms with Crippen molar-refractivity contribution in [3.8, 4) is 11.4 Å². The van der Waals surface area contributed by atoms with Gasteiger partial charge in [0.2, 0.25) is 0 Å². The Hall–Kier alpha value is -3.48. The van der Waals surface area contributed by atoms with Crippen molar-refractivity contribution in [1.82, 2.24) is 9.99 Å². The SMILES string of the molecule is Cc1ccc(C)n1-c1ccc(OCc2ccc(C(=O)NN=Cc3ccc(Cl)c(Cl)c3)o2)cc1. The predicted molar refractivity (Wildman–Crippen MR) is 130 cm³/mol. The third-order valence-electron chi connectivity index (χ3n) is 4.96. The van der Waals surface area contributed by atoms with E-state index < -0.39 is 5.91 Å². The van der Waals surface area contributed by atoms with Crippen molar-refractivity contribution in [3.63, 3.8) is 0 Å². The van der Waals surface area contributed by atoms with Crippen LogP contribution in [0, 0.1) is 13.8 Å². The van der Waals surface area contributed by atoms with Gasteiger partial charge in [0.15, 0.2) is 5.76 Å². The Morgan fingerprint density at radius 2 is 1.73 bits per heavy atom. The first-order valence-electron chi connectivity index (χ1n) is 10.2. The first-order chi connectivity index (χ1) is 15.9. The Labute approximate surface area is 201 Å². The number of nitrogens with zero attached hydrogens (tertiary/aromatic N) is 2. The smallest absolute Gasteiger partial charge is 0.307 e. The lowest BCUT2D eigenvalue weighted by atomic mass is 10.2. The predicted octanol–water partition coefficient (Wildman–Crippen LogP) is 6.34. The van der Waals surface area contributed by atoms with Crippen LogP contribution < -0.4 is 10.2 Å². The lowest BCUT2D eigenvalue weighted by molar-refractivity contribution is 0.0923. The number of halogens is 2. The van der Waals surface area contributed by atoms with Gasteiger partial charge in [-0.15, -0.1) is 0 Å². The summed E-state index contributed by atoms with van der Waals surface area (Å²) in [7, 11) is 0. The molecule has 0 atom stereocenters. The van der Waals surface area contributed by atoms with Crippen LogP contribution in [0.2, 0.25) is 10.0 Å². The minimum Gasteiger partial charge on any atom is -0.486 e. The van der Waals surface area contributed by atoms with Crippen LogP contribution in [0.5, 0.6) is 5.75 Å². The summed E-state index contributed by atoms with van der Waals surface area (Å²) < 4.78 is 13.5. The molecule has 6 nitrogen and oxygen atoms in total. The lowest BCUT2D eigenvalue weighted by Crippen LogP contribution is -2.16. The van der Waals surface area contributed by atoms with Gasteiger partial charge in [0.05, 0.1) is 16.3 Å². The van der Waals surface area contributed by atoms with Crippen molar-refractivity contribution in [2.75, 3.05) is 0 Å². The highest BCUT2D eigenvalue weighted by Gasteiger charge is 2.11. The summed E-state index contributed by atoms with van der Waals surface area (Å²) in [4.78, 5) is 12.2. The zero-order chi connectivity index (χ0) is 23.4. The first-order valence-corrected chi connectivity index (χ1v) is 10.9. The van der Waals surface area contributed by atoms with Crippen molar-refractivity contribution in [3.05, 3.63) is 105 Å². The molecule has 0 aliphatic carbocycles. The molecule has 2 aromatic carbocycles. The molecule has 0 spiro atoms. The first kappa shape index (κ1) is 22.7. The Kier molecular flexibility index (Phi) is 6.87. The number of benzene rings is 2. The third kappa shape index (κ3) is 5.48. The number of hydrazone groups is 1. The molecule has 0 aliphatic heterocycles. The molecule has 1 N–H and O–H groups in total. The molecule has 168 valence electrons. The average Bonchev–Trinajstić information content (AvgIpc) is 3.41. The standard InChI is InChI=1S/C25H21Cl2N3O3/c1-16-3-4-17(2)30(16)19-6-8-20(9-7-19)32-15-21-10-12-24(33-21)25(31)29-28-14-18-5-11-22(26)23(27)13-18/h3-14H,15H2,1-2H3,(H,29,31). The molecule has 4 rings (SSSR count). The molecule has 0 radical (unpaired) electrons. The Balaban J connectivity index is 1.31. The highest BCUT2D eigenvalue weighted by atomic mass is 35.5. The second-order valence-corrected chi connectivity index (χ2v) is 8.19. The quantitative estimate of drug-likeness (QED) is 0.247. The van der Waals surface area contributed by atoms with Crippen LogP contribution >= 0.6 is 23.2 Å². The summed E-state index contributed by atoms with van der Waals surface area (Å²) in [5.74, 6) is 0.887. The van der Waals surface area contributed by atoms with Gasteiger partial charge in [-0.1, -0.05) is 29.3 Å². The maximum Gasteiger partial charge on any atom is 0.307 e. The van der Waals surface area contributed by atoms with Crippen molar-refractivity contribution < 1.29 is 13.9 Å². The van der Waals surface area contributed by atoms with E-state index in [1.807, 2.05) is 24.3 Å². The zero-order valence-corrected chi connectivity index (χ0v) is 19.5. The number of rotatable bonds is 7. The number of aryl methyl sites for hydroxylation is 2. The van der Waals surface area contributed by atoms with Crippen molar-refractivity contribution >= 4 is 35.3 Å². The second kappa shape index (κ2) is 9.98. The minimum atomic E-state index is -0.473. The van der Waals surface area contributed by atoms with E-state index in [1.54, 1.807) is 30.3 Å². The van der Waals surface area contributed by atoms with Gasteiger partial charge in [0.1, 0.15) is 18.1 Å². The summed E-state index contributed by atoms with van der Waals surface area (Å²) in [5, 5.41) is 4.77. The Morgan fingerprint density at radius 3 is 2.42 bits per heavy atom. The number of amides is 1. The van der Waals surface area contributed by atoms with Crippen LogP contribution in [-0.4, -0.2) is 16.7 Å². The molecule has 0 saturated heterocycles. The molecule has 0 bridgehead atoms. The molecule has 4 aromatic rings. The van der Waals surface area contributed by atoms with Gasteiger partial charge in [0, 0.05) is 17.1 Å². The van der Waals surface area contributed by atoms with E-state index in [-0.39, 0.29) is 12.4 Å². The normalized spacial score (nSPS) is 11.2. The molecule has 0 unspecified atom stereocenters. The number of carbonyl (C=O) groups excluding carboxylic acids is 1. The number of carbonyl (C=O) groups is 1. The molecule has 0 saturated carbocycles. The van der Waals surface area contributed by atoms with E-state index in [2.05, 4.69) is 41.1 Å². The highest BCUT2D eigenvalue weighted by molar-refractivity contribution is 6.42. The Morgan fingerprint density at radius 1 is 1.00 bits per heavy atom. The van der Waals surface area contributed by atoms with E-state index in [0.29, 0.717) is 27.1 Å². The molecular formula is C25H21Cl2N3O3. The molecule has 0 fully saturated rings. The summed E-state index contributed by atoms with van der Waals surface area (Å²) in [6.45, 7) is 4.34. The van der Waals surface area contributed by atoms with E-state index in [9.17, 15) is 4.79 Å². The van der Waals surface area contributed by atoms with Crippen molar-refractivity contribution in [2.24, 2.45) is 5.10 Å². The number of aromatic nitrogens is 1. The summed E-state index contributed by atoms with van der Waals surface area (Å²) in [6, 6.07) is 20.3.